The second kappa shape index (κ2) is 7.90. The van der Waals surface area contributed by atoms with E-state index in [1.165, 1.54) is 13.8 Å². The average molecular weight is 398 g/mol. The van der Waals surface area contributed by atoms with Gasteiger partial charge in [-0.25, -0.2) is 0 Å². The van der Waals surface area contributed by atoms with Gasteiger partial charge in [0.05, 0.1) is 11.5 Å². The van der Waals surface area contributed by atoms with E-state index in [0.29, 0.717) is 16.3 Å². The highest BCUT2D eigenvalue weighted by Crippen LogP contribution is 2.47. The predicted octanol–water partition coefficient (Wildman–Crippen LogP) is 4.74. The molecule has 0 aromatic heterocycles. The fourth-order valence-electron chi connectivity index (χ4n) is 4.22. The summed E-state index contributed by atoms with van der Waals surface area (Å²) < 4.78 is 0. The third kappa shape index (κ3) is 4.03. The minimum Gasteiger partial charge on any atom is -0.389 e. The number of para-hydroxylation sites is 1. The minimum atomic E-state index is -1.30. The summed E-state index contributed by atoms with van der Waals surface area (Å²) in [5.41, 5.74) is 1.47. The summed E-state index contributed by atoms with van der Waals surface area (Å²) in [6.45, 7) is 4.63. The van der Waals surface area contributed by atoms with E-state index in [1.807, 2.05) is 42.5 Å². The summed E-state index contributed by atoms with van der Waals surface area (Å²) in [4.78, 5) is 25.3. The highest BCUT2D eigenvalue weighted by molar-refractivity contribution is 6.30. The van der Waals surface area contributed by atoms with Crippen LogP contribution in [0.3, 0.4) is 0 Å². The van der Waals surface area contributed by atoms with Crippen LogP contribution in [0.15, 0.2) is 65.9 Å². The summed E-state index contributed by atoms with van der Waals surface area (Å²) in [7, 11) is 0. The fraction of sp³-hybridized carbons (Fsp3) is 0.304. The van der Waals surface area contributed by atoms with Crippen molar-refractivity contribution in [1.29, 1.82) is 0 Å². The molecule has 0 saturated carbocycles. The molecule has 3 rings (SSSR count). The number of allylic oxidation sites excluding steroid dienone is 1. The molecule has 0 aliphatic heterocycles. The molecular formula is C23H24ClNO3. The molecule has 5 heteroatoms. The van der Waals surface area contributed by atoms with Crippen LogP contribution in [0, 0.1) is 5.92 Å². The summed E-state index contributed by atoms with van der Waals surface area (Å²) in [6.07, 6.45) is 0.186. The molecule has 0 unspecified atom stereocenters. The number of benzene rings is 2. The number of hydrogen-bond donors (Lipinski definition) is 2. The molecule has 146 valence electrons. The molecule has 4 nitrogen and oxygen atoms in total. The molecule has 28 heavy (non-hydrogen) atoms. The zero-order chi connectivity index (χ0) is 20.5. The van der Waals surface area contributed by atoms with Crippen molar-refractivity contribution in [2.24, 2.45) is 5.92 Å². The molecule has 3 atom stereocenters. The molecule has 2 N–H and O–H groups in total. The SMILES string of the molecule is CC(=O)C1=C(Nc2ccccc2)C[C@@](C)(O)[C@@H](C(C)=O)[C@H]1c1ccc(Cl)cc1. The summed E-state index contributed by atoms with van der Waals surface area (Å²) in [6, 6.07) is 16.6. The Morgan fingerprint density at radius 1 is 1.07 bits per heavy atom. The number of nitrogens with one attached hydrogen (secondary N) is 1. The maximum Gasteiger partial charge on any atom is 0.158 e. The smallest absolute Gasteiger partial charge is 0.158 e. The summed E-state index contributed by atoms with van der Waals surface area (Å²) >= 11 is 6.03. The number of Topliss-reactive ketones (excluding diaryl/α,β-unsaturated/α-hetero) is 2. The molecule has 0 bridgehead atoms. The zero-order valence-electron chi connectivity index (χ0n) is 16.2. The monoisotopic (exact) mass is 397 g/mol. The van der Waals surface area contributed by atoms with Gasteiger partial charge in [0.2, 0.25) is 0 Å². The number of hydrogen-bond acceptors (Lipinski definition) is 4. The Hall–Kier alpha value is -2.43. The van der Waals surface area contributed by atoms with Gasteiger partial charge in [-0.3, -0.25) is 9.59 Å². The van der Waals surface area contributed by atoms with Crippen molar-refractivity contribution in [2.45, 2.75) is 38.7 Å². The van der Waals surface area contributed by atoms with Crippen molar-refractivity contribution in [3.05, 3.63) is 76.5 Å². The molecule has 0 radical (unpaired) electrons. The first-order valence-electron chi connectivity index (χ1n) is 9.25. The molecule has 0 amide bonds. The maximum absolute atomic E-state index is 12.7. The Labute approximate surface area is 170 Å². The number of carbonyl (C=O) groups excluding carboxylic acids is 2. The van der Waals surface area contributed by atoms with Gasteiger partial charge < -0.3 is 10.4 Å². The van der Waals surface area contributed by atoms with Gasteiger partial charge in [0, 0.05) is 34.3 Å². The van der Waals surface area contributed by atoms with Crippen molar-refractivity contribution in [3.8, 4) is 0 Å². The van der Waals surface area contributed by atoms with Gasteiger partial charge in [-0.05, 0) is 50.6 Å². The highest BCUT2D eigenvalue weighted by atomic mass is 35.5. The first kappa shape index (κ1) is 20.3. The van der Waals surface area contributed by atoms with Crippen LogP contribution >= 0.6 is 11.6 Å². The molecule has 0 spiro atoms. The molecule has 2 aromatic rings. The first-order valence-corrected chi connectivity index (χ1v) is 9.63. The van der Waals surface area contributed by atoms with E-state index in [2.05, 4.69) is 5.32 Å². The van der Waals surface area contributed by atoms with Gasteiger partial charge in [-0.1, -0.05) is 41.9 Å². The number of anilines is 1. The topological polar surface area (TPSA) is 66.4 Å². The Morgan fingerprint density at radius 2 is 1.68 bits per heavy atom. The third-order valence-corrected chi connectivity index (χ3v) is 5.54. The Kier molecular flexibility index (Phi) is 5.73. The molecule has 0 heterocycles. The van der Waals surface area contributed by atoms with E-state index < -0.39 is 17.4 Å². The molecule has 2 aromatic carbocycles. The van der Waals surface area contributed by atoms with Gasteiger partial charge in [0.15, 0.2) is 5.78 Å². The van der Waals surface area contributed by atoms with Crippen molar-refractivity contribution in [1.82, 2.24) is 0 Å². The summed E-state index contributed by atoms with van der Waals surface area (Å²) in [5, 5.41) is 15.1. The lowest BCUT2D eigenvalue weighted by atomic mass is 9.64. The quantitative estimate of drug-likeness (QED) is 0.764. The van der Waals surface area contributed by atoms with E-state index in [0.717, 1.165) is 11.3 Å². The van der Waals surface area contributed by atoms with Crippen LogP contribution in [0.25, 0.3) is 0 Å². The van der Waals surface area contributed by atoms with Crippen LogP contribution in [0.1, 0.15) is 38.7 Å². The van der Waals surface area contributed by atoms with E-state index >= 15 is 0 Å². The standard InChI is InChI=1S/C23H24ClNO3/c1-14(26)20-19(25-18-7-5-4-6-8-18)13-23(3,28)22(15(2)27)21(20)16-9-11-17(24)12-10-16/h4-12,21-22,25,28H,13H2,1-3H3/t21-,22-,23+/m0/s1. The second-order valence-electron chi connectivity index (χ2n) is 7.59. The van der Waals surface area contributed by atoms with Crippen LogP contribution < -0.4 is 5.32 Å². The van der Waals surface area contributed by atoms with E-state index in [-0.39, 0.29) is 18.0 Å². The fourth-order valence-corrected chi connectivity index (χ4v) is 4.34. The normalized spacial score (nSPS) is 24.8. The Bertz CT molecular complexity index is 917. The van der Waals surface area contributed by atoms with Crippen molar-refractivity contribution in [3.63, 3.8) is 0 Å². The van der Waals surface area contributed by atoms with Crippen LogP contribution in [0.2, 0.25) is 5.02 Å². The number of ketones is 2. The van der Waals surface area contributed by atoms with Crippen LogP contribution in [0.5, 0.6) is 0 Å². The van der Waals surface area contributed by atoms with Gasteiger partial charge in [-0.15, -0.1) is 0 Å². The lowest BCUT2D eigenvalue weighted by molar-refractivity contribution is -0.131. The van der Waals surface area contributed by atoms with E-state index in [1.54, 1.807) is 19.1 Å². The molecule has 1 aliphatic rings. The molecule has 0 saturated heterocycles. The van der Waals surface area contributed by atoms with Crippen molar-refractivity contribution >= 4 is 28.9 Å². The number of rotatable bonds is 5. The number of halogens is 1. The predicted molar refractivity (Wildman–Crippen MR) is 111 cm³/mol. The second-order valence-corrected chi connectivity index (χ2v) is 8.03. The highest BCUT2D eigenvalue weighted by Gasteiger charge is 2.49. The Balaban J connectivity index is 2.21. The van der Waals surface area contributed by atoms with Crippen molar-refractivity contribution in [2.75, 3.05) is 5.32 Å². The lowest BCUT2D eigenvalue weighted by Gasteiger charge is -2.43. The summed E-state index contributed by atoms with van der Waals surface area (Å²) in [5.74, 6) is -1.56. The minimum absolute atomic E-state index is 0.125. The van der Waals surface area contributed by atoms with Gasteiger partial charge in [0.1, 0.15) is 5.78 Å². The van der Waals surface area contributed by atoms with Gasteiger partial charge in [0.25, 0.3) is 0 Å². The van der Waals surface area contributed by atoms with E-state index in [4.69, 9.17) is 11.6 Å². The molecule has 1 aliphatic carbocycles. The van der Waals surface area contributed by atoms with Crippen LogP contribution in [-0.2, 0) is 9.59 Å². The number of aliphatic hydroxyl groups is 1. The number of carbonyl (C=O) groups is 2. The zero-order valence-corrected chi connectivity index (χ0v) is 17.0. The van der Waals surface area contributed by atoms with E-state index in [9.17, 15) is 14.7 Å². The van der Waals surface area contributed by atoms with Crippen molar-refractivity contribution < 1.29 is 14.7 Å². The average Bonchev–Trinajstić information content (AvgIpc) is 2.61. The van der Waals surface area contributed by atoms with Crippen LogP contribution in [0.4, 0.5) is 5.69 Å². The molecule has 0 fully saturated rings. The van der Waals surface area contributed by atoms with Gasteiger partial charge in [-0.2, -0.15) is 0 Å². The first-order chi connectivity index (χ1) is 13.2. The Morgan fingerprint density at radius 3 is 2.21 bits per heavy atom. The largest absolute Gasteiger partial charge is 0.389 e. The maximum atomic E-state index is 12.7. The lowest BCUT2D eigenvalue weighted by Crippen LogP contribution is -2.48. The third-order valence-electron chi connectivity index (χ3n) is 5.29. The van der Waals surface area contributed by atoms with Gasteiger partial charge >= 0.3 is 0 Å². The molecular weight excluding hydrogens is 374 g/mol. The van der Waals surface area contributed by atoms with Crippen LogP contribution in [-0.4, -0.2) is 22.3 Å².